The van der Waals surface area contributed by atoms with Crippen molar-refractivity contribution in [3.8, 4) is 0 Å². The van der Waals surface area contributed by atoms with Crippen molar-refractivity contribution < 1.29 is 0 Å². The van der Waals surface area contributed by atoms with Crippen LogP contribution in [0.1, 0.15) is 78.4 Å². The fraction of sp³-hybridized carbons (Fsp3) is 0.500. The lowest BCUT2D eigenvalue weighted by Crippen LogP contribution is -2.33. The second-order valence-electron chi connectivity index (χ2n) is 7.92. The molecule has 0 saturated heterocycles. The van der Waals surface area contributed by atoms with Crippen LogP contribution >= 0.6 is 0 Å². The number of hydrogen-bond acceptors (Lipinski definition) is 0. The van der Waals surface area contributed by atoms with Crippen molar-refractivity contribution in [1.29, 1.82) is 0 Å². The lowest BCUT2D eigenvalue weighted by molar-refractivity contribution is 0.310. The lowest BCUT2D eigenvalue weighted by Gasteiger charge is -2.46. The molecule has 2 rings (SSSR count). The maximum absolute atomic E-state index is 4.16. The van der Waals surface area contributed by atoms with Crippen LogP contribution in [0.3, 0.4) is 0 Å². The number of hydrogen-bond donors (Lipinski definition) is 0. The highest BCUT2D eigenvalue weighted by Gasteiger charge is 2.41. The highest BCUT2D eigenvalue weighted by molar-refractivity contribution is 5.76. The molecule has 0 amide bonds. The fourth-order valence-electron chi connectivity index (χ4n) is 4.20. The minimum atomic E-state index is 0.0856. The second-order valence-corrected chi connectivity index (χ2v) is 7.92. The Balaban J connectivity index is 2.47. The van der Waals surface area contributed by atoms with E-state index in [9.17, 15) is 0 Å². The van der Waals surface area contributed by atoms with E-state index in [0.717, 1.165) is 19.3 Å². The zero-order chi connectivity index (χ0) is 18.0. The summed E-state index contributed by atoms with van der Waals surface area (Å²) < 4.78 is 0. The first-order valence-electron chi connectivity index (χ1n) is 9.50. The SMILES string of the molecule is C=C(CC)c1ccc(C2=CCC(C)(CC)/C(=C\CC)C2(C)C)cc1. The molecule has 1 aromatic carbocycles. The van der Waals surface area contributed by atoms with E-state index in [1.165, 1.54) is 28.7 Å². The molecule has 0 bridgehead atoms. The standard InChI is InChI=1S/C24H34/c1-8-11-22-23(5,6)21(16-17-24(22,7)10-3)20-14-12-19(13-15-20)18(4)9-2/h11-16H,4,8-10,17H2,1-3,5-7H3/b22-11-. The van der Waals surface area contributed by atoms with Gasteiger partial charge in [-0.2, -0.15) is 0 Å². The van der Waals surface area contributed by atoms with Gasteiger partial charge in [-0.1, -0.05) is 90.1 Å². The van der Waals surface area contributed by atoms with Crippen molar-refractivity contribution in [3.63, 3.8) is 0 Å². The first kappa shape index (κ1) is 18.8. The molecule has 24 heavy (non-hydrogen) atoms. The molecule has 130 valence electrons. The third kappa shape index (κ3) is 3.29. The van der Waals surface area contributed by atoms with E-state index in [1.54, 1.807) is 5.57 Å². The Morgan fingerprint density at radius 1 is 1.08 bits per heavy atom. The van der Waals surface area contributed by atoms with Gasteiger partial charge in [0.15, 0.2) is 0 Å². The van der Waals surface area contributed by atoms with Crippen molar-refractivity contribution in [2.75, 3.05) is 0 Å². The third-order valence-electron chi connectivity index (χ3n) is 5.97. The van der Waals surface area contributed by atoms with Gasteiger partial charge in [-0.15, -0.1) is 0 Å². The van der Waals surface area contributed by atoms with Gasteiger partial charge in [0, 0.05) is 5.41 Å². The fourth-order valence-corrected chi connectivity index (χ4v) is 4.20. The van der Waals surface area contributed by atoms with E-state index in [1.807, 2.05) is 0 Å². The van der Waals surface area contributed by atoms with E-state index >= 15 is 0 Å². The average molecular weight is 323 g/mol. The first-order valence-corrected chi connectivity index (χ1v) is 9.50. The molecular formula is C24H34. The smallest absolute Gasteiger partial charge is 0.0113 e. The van der Waals surface area contributed by atoms with Crippen LogP contribution in [-0.4, -0.2) is 0 Å². The van der Waals surface area contributed by atoms with Crippen molar-refractivity contribution in [1.82, 2.24) is 0 Å². The van der Waals surface area contributed by atoms with Gasteiger partial charge in [0.2, 0.25) is 0 Å². The van der Waals surface area contributed by atoms with Crippen LogP contribution in [0.5, 0.6) is 0 Å². The molecule has 1 aromatic rings. The van der Waals surface area contributed by atoms with E-state index in [0.29, 0.717) is 5.41 Å². The molecule has 0 N–H and O–H groups in total. The molecule has 1 unspecified atom stereocenters. The molecule has 0 fully saturated rings. The summed E-state index contributed by atoms with van der Waals surface area (Å²) in [6.07, 6.45) is 9.41. The summed E-state index contributed by atoms with van der Waals surface area (Å²) in [5.41, 5.74) is 7.29. The van der Waals surface area contributed by atoms with E-state index in [2.05, 4.69) is 84.5 Å². The van der Waals surface area contributed by atoms with Crippen molar-refractivity contribution >= 4 is 11.1 Å². The van der Waals surface area contributed by atoms with Crippen LogP contribution in [0.2, 0.25) is 0 Å². The summed E-state index contributed by atoms with van der Waals surface area (Å²) in [6.45, 7) is 18.1. The molecule has 0 heterocycles. The van der Waals surface area contributed by atoms with Gasteiger partial charge < -0.3 is 0 Å². The van der Waals surface area contributed by atoms with Crippen molar-refractivity contribution in [2.24, 2.45) is 10.8 Å². The van der Waals surface area contributed by atoms with Gasteiger partial charge in [-0.3, -0.25) is 0 Å². The lowest BCUT2D eigenvalue weighted by atomic mass is 9.58. The highest BCUT2D eigenvalue weighted by atomic mass is 14.5. The number of rotatable bonds is 5. The molecule has 0 nitrogen and oxygen atoms in total. The highest BCUT2D eigenvalue weighted by Crippen LogP contribution is 2.55. The molecule has 1 aliphatic rings. The van der Waals surface area contributed by atoms with E-state index in [4.69, 9.17) is 0 Å². The summed E-state index contributed by atoms with van der Waals surface area (Å²) >= 11 is 0. The molecule has 0 aliphatic heterocycles. The second kappa shape index (κ2) is 7.13. The minimum absolute atomic E-state index is 0.0856. The molecule has 0 radical (unpaired) electrons. The Morgan fingerprint density at radius 2 is 1.71 bits per heavy atom. The first-order chi connectivity index (χ1) is 11.3. The van der Waals surface area contributed by atoms with Gasteiger partial charge in [-0.25, -0.2) is 0 Å². The predicted molar refractivity (Wildman–Crippen MR) is 109 cm³/mol. The zero-order valence-corrected chi connectivity index (χ0v) is 16.5. The molecule has 0 spiro atoms. The quantitative estimate of drug-likeness (QED) is 0.488. The maximum Gasteiger partial charge on any atom is 0.0113 e. The van der Waals surface area contributed by atoms with Gasteiger partial charge >= 0.3 is 0 Å². The summed E-state index contributed by atoms with van der Waals surface area (Å²) in [7, 11) is 0. The van der Waals surface area contributed by atoms with Crippen LogP contribution in [0.4, 0.5) is 0 Å². The summed E-state index contributed by atoms with van der Waals surface area (Å²) in [4.78, 5) is 0. The Labute approximate surface area is 149 Å². The molecule has 1 atom stereocenters. The van der Waals surface area contributed by atoms with Crippen LogP contribution in [0.25, 0.3) is 11.1 Å². The van der Waals surface area contributed by atoms with Crippen molar-refractivity contribution in [2.45, 2.75) is 67.2 Å². The van der Waals surface area contributed by atoms with Crippen molar-refractivity contribution in [3.05, 3.63) is 59.7 Å². The molecule has 0 saturated carbocycles. The minimum Gasteiger partial charge on any atom is -0.0952 e. The van der Waals surface area contributed by atoms with Crippen LogP contribution in [-0.2, 0) is 0 Å². The molecular weight excluding hydrogens is 288 g/mol. The molecule has 0 aromatic heterocycles. The van der Waals surface area contributed by atoms with Gasteiger partial charge in [0.25, 0.3) is 0 Å². The summed E-state index contributed by atoms with van der Waals surface area (Å²) in [5, 5.41) is 0. The van der Waals surface area contributed by atoms with Crippen LogP contribution in [0, 0.1) is 10.8 Å². The number of allylic oxidation sites excluding steroid dienone is 5. The van der Waals surface area contributed by atoms with E-state index < -0.39 is 0 Å². The van der Waals surface area contributed by atoms with Crippen LogP contribution in [0.15, 0.2) is 48.6 Å². The Morgan fingerprint density at radius 3 is 2.21 bits per heavy atom. The molecule has 0 heteroatoms. The topological polar surface area (TPSA) is 0 Å². The average Bonchev–Trinajstić information content (AvgIpc) is 2.58. The third-order valence-corrected chi connectivity index (χ3v) is 5.97. The van der Waals surface area contributed by atoms with E-state index in [-0.39, 0.29) is 5.41 Å². The Bertz CT molecular complexity index is 652. The normalized spacial score (nSPS) is 24.8. The van der Waals surface area contributed by atoms with Gasteiger partial charge in [0.05, 0.1) is 0 Å². The maximum atomic E-state index is 4.16. The zero-order valence-electron chi connectivity index (χ0n) is 16.5. The largest absolute Gasteiger partial charge is 0.0952 e. The van der Waals surface area contributed by atoms with Gasteiger partial charge in [-0.05, 0) is 53.4 Å². The Hall–Kier alpha value is -1.56. The summed E-state index contributed by atoms with van der Waals surface area (Å²) in [6, 6.07) is 9.02. The summed E-state index contributed by atoms with van der Waals surface area (Å²) in [5.74, 6) is 0. The molecule has 1 aliphatic carbocycles. The predicted octanol–water partition coefficient (Wildman–Crippen LogP) is 7.68. The van der Waals surface area contributed by atoms with Gasteiger partial charge in [0.1, 0.15) is 0 Å². The Kier molecular flexibility index (Phi) is 5.58. The monoisotopic (exact) mass is 322 g/mol. The number of benzene rings is 1. The van der Waals surface area contributed by atoms with Crippen LogP contribution < -0.4 is 0 Å².